The van der Waals surface area contributed by atoms with E-state index < -0.39 is 0 Å². The highest BCUT2D eigenvalue weighted by Gasteiger charge is 2.17. The molecule has 0 N–H and O–H groups in total. The summed E-state index contributed by atoms with van der Waals surface area (Å²) in [6.07, 6.45) is 1.30. The number of rotatable bonds is 2. The molecule has 76 valence electrons. The zero-order valence-electron chi connectivity index (χ0n) is 8.19. The predicted molar refractivity (Wildman–Crippen MR) is 48.6 cm³/mol. The van der Waals surface area contributed by atoms with Crippen molar-refractivity contribution in [1.29, 1.82) is 0 Å². The van der Waals surface area contributed by atoms with Crippen molar-refractivity contribution in [3.63, 3.8) is 0 Å². The molecule has 5 heteroatoms. The van der Waals surface area contributed by atoms with Gasteiger partial charge >= 0.3 is 0 Å². The SMILES string of the molecule is Cc1nc(CN2CCC(=O)CC2)no1. The average Bonchev–Trinajstić information content (AvgIpc) is 2.56. The first-order valence-corrected chi connectivity index (χ1v) is 4.77. The molecule has 0 amide bonds. The van der Waals surface area contributed by atoms with E-state index >= 15 is 0 Å². The molecule has 2 heterocycles. The van der Waals surface area contributed by atoms with Crippen LogP contribution in [0.4, 0.5) is 0 Å². The van der Waals surface area contributed by atoms with Crippen molar-refractivity contribution in [3.05, 3.63) is 11.7 Å². The molecule has 14 heavy (non-hydrogen) atoms. The van der Waals surface area contributed by atoms with E-state index in [9.17, 15) is 4.79 Å². The van der Waals surface area contributed by atoms with Gasteiger partial charge in [0.05, 0.1) is 6.54 Å². The van der Waals surface area contributed by atoms with Gasteiger partial charge in [0, 0.05) is 32.9 Å². The van der Waals surface area contributed by atoms with Crippen LogP contribution in [0, 0.1) is 6.92 Å². The number of nitrogens with zero attached hydrogens (tertiary/aromatic N) is 3. The van der Waals surface area contributed by atoms with Gasteiger partial charge in [0.2, 0.25) is 5.89 Å². The zero-order valence-corrected chi connectivity index (χ0v) is 8.19. The highest BCUT2D eigenvalue weighted by atomic mass is 16.5. The van der Waals surface area contributed by atoms with Crippen molar-refractivity contribution in [1.82, 2.24) is 15.0 Å². The van der Waals surface area contributed by atoms with Gasteiger partial charge in [0.15, 0.2) is 5.82 Å². The van der Waals surface area contributed by atoms with Crippen molar-refractivity contribution in [2.75, 3.05) is 13.1 Å². The lowest BCUT2D eigenvalue weighted by Gasteiger charge is -2.23. The molecule has 0 unspecified atom stereocenters. The molecule has 1 aromatic heterocycles. The molecule has 1 fully saturated rings. The van der Waals surface area contributed by atoms with E-state index in [1.807, 2.05) is 0 Å². The number of hydrogen-bond acceptors (Lipinski definition) is 5. The molecule has 0 aliphatic carbocycles. The first-order valence-electron chi connectivity index (χ1n) is 4.77. The Bertz CT molecular complexity index is 325. The number of aromatic nitrogens is 2. The summed E-state index contributed by atoms with van der Waals surface area (Å²) in [7, 11) is 0. The smallest absolute Gasteiger partial charge is 0.223 e. The number of aryl methyl sites for hydroxylation is 1. The summed E-state index contributed by atoms with van der Waals surface area (Å²) in [5.41, 5.74) is 0. The fourth-order valence-electron chi connectivity index (χ4n) is 1.57. The van der Waals surface area contributed by atoms with Crippen LogP contribution in [0.3, 0.4) is 0 Å². The molecule has 5 nitrogen and oxygen atoms in total. The molecule has 1 aromatic rings. The van der Waals surface area contributed by atoms with Gasteiger partial charge in [0.1, 0.15) is 5.78 Å². The largest absolute Gasteiger partial charge is 0.340 e. The Labute approximate surface area is 82.1 Å². The summed E-state index contributed by atoms with van der Waals surface area (Å²) < 4.78 is 4.87. The molecular weight excluding hydrogens is 182 g/mol. The molecular formula is C9H13N3O2. The Kier molecular flexibility index (Phi) is 2.58. The lowest BCUT2D eigenvalue weighted by molar-refractivity contribution is -0.121. The molecule has 0 bridgehead atoms. The van der Waals surface area contributed by atoms with Crippen LogP contribution < -0.4 is 0 Å². The van der Waals surface area contributed by atoms with Gasteiger partial charge in [-0.1, -0.05) is 5.16 Å². The summed E-state index contributed by atoms with van der Waals surface area (Å²) in [6, 6.07) is 0. The molecule has 0 radical (unpaired) electrons. The number of carbonyl (C=O) groups excluding carboxylic acids is 1. The molecule has 0 atom stereocenters. The standard InChI is InChI=1S/C9H13N3O2/c1-7-10-9(11-14-7)6-12-4-2-8(13)3-5-12/h2-6H2,1H3. The third-order valence-corrected chi connectivity index (χ3v) is 2.35. The number of ketones is 1. The minimum atomic E-state index is 0.352. The summed E-state index contributed by atoms with van der Waals surface area (Å²) in [4.78, 5) is 17.3. The minimum Gasteiger partial charge on any atom is -0.340 e. The highest BCUT2D eigenvalue weighted by molar-refractivity contribution is 5.79. The van der Waals surface area contributed by atoms with E-state index in [1.165, 1.54) is 0 Å². The third kappa shape index (κ3) is 2.17. The molecule has 0 saturated carbocycles. The number of piperidine rings is 1. The Morgan fingerprint density at radius 3 is 2.71 bits per heavy atom. The van der Waals surface area contributed by atoms with Gasteiger partial charge in [-0.3, -0.25) is 9.69 Å². The predicted octanol–water partition coefficient (Wildman–Crippen LogP) is 0.543. The average molecular weight is 195 g/mol. The monoisotopic (exact) mass is 195 g/mol. The third-order valence-electron chi connectivity index (χ3n) is 2.35. The van der Waals surface area contributed by atoms with Crippen LogP contribution in [0.2, 0.25) is 0 Å². The van der Waals surface area contributed by atoms with E-state index in [2.05, 4.69) is 15.0 Å². The summed E-state index contributed by atoms with van der Waals surface area (Å²) in [6.45, 7) is 4.08. The van der Waals surface area contributed by atoms with Crippen molar-refractivity contribution in [2.45, 2.75) is 26.3 Å². The number of carbonyl (C=O) groups is 1. The molecule has 0 aromatic carbocycles. The number of likely N-dealkylation sites (tertiary alicyclic amines) is 1. The van der Waals surface area contributed by atoms with Crippen LogP contribution in [0.5, 0.6) is 0 Å². The lowest BCUT2D eigenvalue weighted by Crippen LogP contribution is -2.33. The Morgan fingerprint density at radius 1 is 1.43 bits per heavy atom. The second-order valence-corrected chi connectivity index (χ2v) is 3.54. The number of hydrogen-bond donors (Lipinski definition) is 0. The van der Waals surface area contributed by atoms with Crippen LogP contribution in [0.25, 0.3) is 0 Å². The Balaban J connectivity index is 1.89. The Hall–Kier alpha value is -1.23. The fraction of sp³-hybridized carbons (Fsp3) is 0.667. The normalized spacial score (nSPS) is 18.8. The van der Waals surface area contributed by atoms with Crippen LogP contribution in [0.1, 0.15) is 24.6 Å². The van der Waals surface area contributed by atoms with Crippen LogP contribution in [-0.2, 0) is 11.3 Å². The quantitative estimate of drug-likeness (QED) is 0.689. The maximum atomic E-state index is 11.0. The highest BCUT2D eigenvalue weighted by Crippen LogP contribution is 2.08. The van der Waals surface area contributed by atoms with Gasteiger partial charge in [-0.05, 0) is 0 Å². The molecule has 1 saturated heterocycles. The minimum absolute atomic E-state index is 0.352. The fourth-order valence-corrected chi connectivity index (χ4v) is 1.57. The van der Waals surface area contributed by atoms with E-state index in [0.717, 1.165) is 13.1 Å². The first kappa shape index (κ1) is 9.33. The summed E-state index contributed by atoms with van der Waals surface area (Å²) in [5.74, 6) is 1.65. The van der Waals surface area contributed by atoms with Crippen molar-refractivity contribution in [2.24, 2.45) is 0 Å². The van der Waals surface area contributed by atoms with Gasteiger partial charge in [-0.2, -0.15) is 4.98 Å². The van der Waals surface area contributed by atoms with E-state index in [-0.39, 0.29) is 0 Å². The van der Waals surface area contributed by atoms with Crippen molar-refractivity contribution < 1.29 is 9.32 Å². The van der Waals surface area contributed by atoms with Crippen LogP contribution in [0.15, 0.2) is 4.52 Å². The van der Waals surface area contributed by atoms with Gasteiger partial charge in [0.25, 0.3) is 0 Å². The number of Topliss-reactive ketones (excluding diaryl/α,β-unsaturated/α-hetero) is 1. The zero-order chi connectivity index (χ0) is 9.97. The van der Waals surface area contributed by atoms with Crippen molar-refractivity contribution >= 4 is 5.78 Å². The van der Waals surface area contributed by atoms with Gasteiger partial charge in [-0.25, -0.2) is 0 Å². The maximum absolute atomic E-state index is 11.0. The molecule has 1 aliphatic heterocycles. The van der Waals surface area contributed by atoms with Gasteiger partial charge in [-0.15, -0.1) is 0 Å². The van der Waals surface area contributed by atoms with Crippen LogP contribution >= 0.6 is 0 Å². The van der Waals surface area contributed by atoms with E-state index in [4.69, 9.17) is 4.52 Å². The van der Waals surface area contributed by atoms with Gasteiger partial charge < -0.3 is 4.52 Å². The lowest BCUT2D eigenvalue weighted by atomic mass is 10.1. The van der Waals surface area contributed by atoms with Crippen LogP contribution in [-0.4, -0.2) is 33.9 Å². The first-order chi connectivity index (χ1) is 6.74. The summed E-state index contributed by atoms with van der Waals surface area (Å²) >= 11 is 0. The maximum Gasteiger partial charge on any atom is 0.223 e. The van der Waals surface area contributed by atoms with E-state index in [1.54, 1.807) is 6.92 Å². The second-order valence-electron chi connectivity index (χ2n) is 3.54. The molecule has 2 rings (SSSR count). The molecule has 0 spiro atoms. The van der Waals surface area contributed by atoms with E-state index in [0.29, 0.717) is 36.9 Å². The van der Waals surface area contributed by atoms with Crippen molar-refractivity contribution in [3.8, 4) is 0 Å². The Morgan fingerprint density at radius 2 is 2.14 bits per heavy atom. The molecule has 1 aliphatic rings. The summed E-state index contributed by atoms with van der Waals surface area (Å²) in [5, 5.41) is 3.82. The second kappa shape index (κ2) is 3.88. The topological polar surface area (TPSA) is 59.2 Å².